The van der Waals surface area contributed by atoms with Crippen LogP contribution in [0.5, 0.6) is 0 Å². The molecule has 0 spiro atoms. The summed E-state index contributed by atoms with van der Waals surface area (Å²) in [4.78, 5) is 16.8. The molecule has 0 fully saturated rings. The Morgan fingerprint density at radius 1 is 1.24 bits per heavy atom. The molecule has 21 heavy (non-hydrogen) atoms. The molecule has 0 saturated heterocycles. The van der Waals surface area contributed by atoms with Gasteiger partial charge in [0.15, 0.2) is 0 Å². The predicted molar refractivity (Wildman–Crippen MR) is 81.8 cm³/mol. The average molecular weight is 386 g/mol. The fraction of sp³-hybridized carbons (Fsp3) is 0.0667. The maximum atomic E-state index is 11.4. The Bertz CT molecular complexity index is 832. The van der Waals surface area contributed by atoms with Crippen LogP contribution in [0.4, 0.5) is 0 Å². The van der Waals surface area contributed by atoms with E-state index in [-0.39, 0.29) is 56.9 Å². The average Bonchev–Trinajstić information content (AvgIpc) is 2.84. The van der Waals surface area contributed by atoms with Gasteiger partial charge in [-0.05, 0) is 53.2 Å². The number of halogens is 1. The van der Waals surface area contributed by atoms with Crippen molar-refractivity contribution < 1.29 is 61.3 Å². The zero-order valence-electron chi connectivity index (χ0n) is 11.5. The summed E-state index contributed by atoms with van der Waals surface area (Å²) in [6.07, 6.45) is 0. The number of carboxylic acid groups (broad SMARTS) is 1. The van der Waals surface area contributed by atoms with E-state index >= 15 is 0 Å². The third-order valence-corrected chi connectivity index (χ3v) is 4.66. The van der Waals surface area contributed by atoms with Gasteiger partial charge in [0, 0.05) is 10.9 Å². The number of carbonyl (C=O) groups excluding carboxylic acids is 1. The number of fused-ring (bicyclic) bond motifs is 1. The molecule has 6 heteroatoms. The molecule has 3 nitrogen and oxygen atoms in total. The van der Waals surface area contributed by atoms with Crippen LogP contribution in [0.1, 0.15) is 15.9 Å². The van der Waals surface area contributed by atoms with E-state index in [1.54, 1.807) is 6.07 Å². The maximum absolute atomic E-state index is 11.4. The summed E-state index contributed by atoms with van der Waals surface area (Å²) in [5.74, 6) is -1.18. The monoisotopic (exact) mass is 385 g/mol. The Labute approximate surface area is 177 Å². The molecule has 0 N–H and O–H groups in total. The number of aryl methyl sites for hydroxylation is 1. The van der Waals surface area contributed by atoms with Gasteiger partial charge in [-0.2, -0.15) is 0 Å². The van der Waals surface area contributed by atoms with E-state index in [9.17, 15) is 9.90 Å². The van der Waals surface area contributed by atoms with Crippen molar-refractivity contribution in [3.8, 4) is 10.6 Å². The van der Waals surface area contributed by atoms with Crippen molar-refractivity contribution in [2.45, 2.75) is 6.92 Å². The molecular weight excluding hydrogens is 377 g/mol. The van der Waals surface area contributed by atoms with Gasteiger partial charge < -0.3 is 9.90 Å². The number of rotatable bonds is 2. The molecule has 0 radical (unpaired) electrons. The van der Waals surface area contributed by atoms with E-state index in [0.29, 0.717) is 16.6 Å². The first-order chi connectivity index (χ1) is 9.54. The van der Waals surface area contributed by atoms with Gasteiger partial charge in [-0.3, -0.25) is 0 Å². The minimum atomic E-state index is -1.18. The number of hydrogen-bond acceptors (Lipinski definition) is 4. The standard InChI is InChI=1S/C15H10BrNO2S.K/c1-8-2-3-11-9(6-8)10(15(18)19)7-12(17-11)13-4-5-14(16)20-13;/h2-7H,1H3,(H,18,19);/q;+1/p-1. The summed E-state index contributed by atoms with van der Waals surface area (Å²) in [5.41, 5.74) is 2.49. The largest absolute Gasteiger partial charge is 1.00 e. The summed E-state index contributed by atoms with van der Waals surface area (Å²) in [5, 5.41) is 12.0. The van der Waals surface area contributed by atoms with Gasteiger partial charge in [0.2, 0.25) is 0 Å². The zero-order chi connectivity index (χ0) is 14.3. The van der Waals surface area contributed by atoms with Crippen LogP contribution in [0.25, 0.3) is 21.5 Å². The quantitative estimate of drug-likeness (QED) is 0.600. The Balaban J connectivity index is 0.00000161. The minimum Gasteiger partial charge on any atom is -0.545 e. The van der Waals surface area contributed by atoms with Crippen molar-refractivity contribution in [2.75, 3.05) is 0 Å². The molecule has 0 saturated carbocycles. The van der Waals surface area contributed by atoms with E-state index in [1.807, 2.05) is 37.3 Å². The van der Waals surface area contributed by atoms with Crippen molar-refractivity contribution in [1.29, 1.82) is 0 Å². The number of pyridine rings is 1. The molecular formula is C15H9BrKNO2S. The molecule has 0 bridgehead atoms. The number of hydrogen-bond donors (Lipinski definition) is 0. The van der Waals surface area contributed by atoms with Crippen molar-refractivity contribution >= 4 is 44.1 Å². The summed E-state index contributed by atoms with van der Waals surface area (Å²) in [7, 11) is 0. The van der Waals surface area contributed by atoms with Gasteiger partial charge in [0.05, 0.1) is 25.8 Å². The number of carbonyl (C=O) groups is 1. The van der Waals surface area contributed by atoms with Gasteiger partial charge in [-0.1, -0.05) is 11.6 Å². The molecule has 2 heterocycles. The van der Waals surface area contributed by atoms with Gasteiger partial charge in [-0.15, -0.1) is 11.3 Å². The number of benzene rings is 1. The van der Waals surface area contributed by atoms with E-state index in [0.717, 1.165) is 14.2 Å². The predicted octanol–water partition coefficient (Wildman–Crippen LogP) is 0.402. The van der Waals surface area contributed by atoms with Crippen LogP contribution in [0.15, 0.2) is 40.2 Å². The molecule has 2 aromatic heterocycles. The fourth-order valence-electron chi connectivity index (χ4n) is 2.09. The third kappa shape index (κ3) is 3.64. The molecule has 0 amide bonds. The van der Waals surface area contributed by atoms with Crippen molar-refractivity contribution in [3.05, 3.63) is 51.3 Å². The van der Waals surface area contributed by atoms with E-state index < -0.39 is 5.97 Å². The van der Waals surface area contributed by atoms with Crippen LogP contribution in [0.2, 0.25) is 0 Å². The normalized spacial score (nSPS) is 10.4. The molecule has 0 unspecified atom stereocenters. The maximum Gasteiger partial charge on any atom is 1.00 e. The molecule has 3 aromatic rings. The molecule has 0 aliphatic carbocycles. The fourth-order valence-corrected chi connectivity index (χ4v) is 3.43. The number of carboxylic acids is 1. The van der Waals surface area contributed by atoms with Gasteiger partial charge in [-0.25, -0.2) is 4.98 Å². The van der Waals surface area contributed by atoms with Crippen molar-refractivity contribution in [3.63, 3.8) is 0 Å². The minimum absolute atomic E-state index is 0. The first kappa shape index (κ1) is 17.3. The molecule has 0 aliphatic rings. The number of aromatic nitrogens is 1. The van der Waals surface area contributed by atoms with E-state index in [4.69, 9.17) is 0 Å². The summed E-state index contributed by atoms with van der Waals surface area (Å²) in [6.45, 7) is 1.92. The smallest absolute Gasteiger partial charge is 0.545 e. The number of nitrogens with zero attached hydrogens (tertiary/aromatic N) is 1. The Hall–Kier alpha value is -0.0836. The van der Waals surface area contributed by atoms with Gasteiger partial charge >= 0.3 is 51.4 Å². The van der Waals surface area contributed by atoms with Crippen LogP contribution in [-0.2, 0) is 0 Å². The molecule has 1 aromatic carbocycles. The van der Waals surface area contributed by atoms with Crippen molar-refractivity contribution in [1.82, 2.24) is 4.98 Å². The first-order valence-electron chi connectivity index (χ1n) is 5.93. The topological polar surface area (TPSA) is 53.0 Å². The molecule has 0 atom stereocenters. The first-order valence-corrected chi connectivity index (χ1v) is 7.54. The van der Waals surface area contributed by atoms with Crippen LogP contribution in [0.3, 0.4) is 0 Å². The summed E-state index contributed by atoms with van der Waals surface area (Å²) >= 11 is 4.91. The van der Waals surface area contributed by atoms with Gasteiger partial charge in [0.25, 0.3) is 0 Å². The zero-order valence-corrected chi connectivity index (χ0v) is 17.0. The summed E-state index contributed by atoms with van der Waals surface area (Å²) < 4.78 is 0.980. The molecule has 3 rings (SSSR count). The third-order valence-electron chi connectivity index (χ3n) is 3.01. The number of aromatic carboxylic acids is 1. The van der Waals surface area contributed by atoms with Crippen LogP contribution in [0, 0.1) is 6.92 Å². The second kappa shape index (κ2) is 7.00. The second-order valence-electron chi connectivity index (χ2n) is 4.47. The molecule has 100 valence electrons. The van der Waals surface area contributed by atoms with E-state index in [2.05, 4.69) is 20.9 Å². The number of thiophene rings is 1. The van der Waals surface area contributed by atoms with E-state index in [1.165, 1.54) is 11.3 Å². The Kier molecular flexibility index (Phi) is 5.75. The summed E-state index contributed by atoms with van der Waals surface area (Å²) in [6, 6.07) is 11.0. The van der Waals surface area contributed by atoms with Crippen LogP contribution >= 0.6 is 27.3 Å². The second-order valence-corrected chi connectivity index (χ2v) is 6.93. The van der Waals surface area contributed by atoms with Crippen molar-refractivity contribution in [2.24, 2.45) is 0 Å². The SMILES string of the molecule is Cc1ccc2nc(-c3ccc(Br)s3)cc(C(=O)[O-])c2c1.[K+]. The van der Waals surface area contributed by atoms with Crippen LogP contribution < -0.4 is 56.5 Å². The Morgan fingerprint density at radius 3 is 2.62 bits per heavy atom. The van der Waals surface area contributed by atoms with Gasteiger partial charge in [0.1, 0.15) is 0 Å². The molecule has 0 aliphatic heterocycles. The van der Waals surface area contributed by atoms with Crippen LogP contribution in [-0.4, -0.2) is 11.0 Å². The Morgan fingerprint density at radius 2 is 2.00 bits per heavy atom.